The number of hydrogen-bond donors (Lipinski definition) is 1. The number of aliphatic carboxylic acids is 1. The molecule has 24 heavy (non-hydrogen) atoms. The molecule has 0 spiro atoms. The summed E-state index contributed by atoms with van der Waals surface area (Å²) in [5.74, 6) is -1.03. The Bertz CT molecular complexity index is 658. The van der Waals surface area contributed by atoms with E-state index in [0.717, 1.165) is 31.4 Å². The van der Waals surface area contributed by atoms with Crippen LogP contribution in [0.15, 0.2) is 24.3 Å². The maximum Gasteiger partial charge on any atom is 0.326 e. The van der Waals surface area contributed by atoms with Crippen molar-refractivity contribution < 1.29 is 19.5 Å². The Balaban J connectivity index is 1.76. The van der Waals surface area contributed by atoms with Crippen LogP contribution in [0.5, 0.6) is 0 Å². The Morgan fingerprint density at radius 1 is 1.17 bits per heavy atom. The molecule has 0 radical (unpaired) electrons. The minimum absolute atomic E-state index is 0.147. The lowest BCUT2D eigenvalue weighted by atomic mass is 10.0. The Kier molecular flexibility index (Phi) is 4.83. The lowest BCUT2D eigenvalue weighted by Gasteiger charge is -2.33. The van der Waals surface area contributed by atoms with Gasteiger partial charge in [-0.25, -0.2) is 4.79 Å². The first kappa shape index (κ1) is 16.5. The van der Waals surface area contributed by atoms with Gasteiger partial charge in [-0.15, -0.1) is 0 Å². The van der Waals surface area contributed by atoms with Crippen LogP contribution in [0.2, 0.25) is 0 Å². The zero-order valence-electron chi connectivity index (χ0n) is 13.6. The van der Waals surface area contributed by atoms with E-state index in [-0.39, 0.29) is 11.8 Å². The van der Waals surface area contributed by atoms with Crippen LogP contribution < -0.4 is 0 Å². The van der Waals surface area contributed by atoms with Crippen molar-refractivity contribution in [3.05, 3.63) is 35.4 Å². The standard InChI is InChI=1S/C18H22N2O4/c21-16-8-4-9-19(16)12-13-5-3-6-14(11-13)17(22)20-10-2-1-7-15(20)18(23)24/h3,5-6,11,15H,1-2,4,7-10,12H2,(H,23,24)/t15-/m0/s1. The molecule has 6 nitrogen and oxygen atoms in total. The van der Waals surface area contributed by atoms with Crippen LogP contribution in [0.25, 0.3) is 0 Å². The number of carbonyl (C=O) groups is 3. The molecule has 0 saturated carbocycles. The van der Waals surface area contributed by atoms with Gasteiger partial charge in [-0.2, -0.15) is 0 Å². The molecular weight excluding hydrogens is 308 g/mol. The van der Waals surface area contributed by atoms with Crippen molar-refractivity contribution in [2.45, 2.75) is 44.7 Å². The maximum atomic E-state index is 12.8. The van der Waals surface area contributed by atoms with Crippen LogP contribution in [0.3, 0.4) is 0 Å². The first-order chi connectivity index (χ1) is 11.6. The second-order valence-electron chi connectivity index (χ2n) is 6.47. The molecule has 0 bridgehead atoms. The fourth-order valence-electron chi connectivity index (χ4n) is 3.49. The average molecular weight is 330 g/mol. The number of benzene rings is 1. The number of rotatable bonds is 4. The smallest absolute Gasteiger partial charge is 0.326 e. The van der Waals surface area contributed by atoms with Crippen molar-refractivity contribution in [3.8, 4) is 0 Å². The normalized spacial score (nSPS) is 21.2. The van der Waals surface area contributed by atoms with Crippen LogP contribution in [-0.2, 0) is 16.1 Å². The van der Waals surface area contributed by atoms with E-state index in [1.54, 1.807) is 23.1 Å². The van der Waals surface area contributed by atoms with E-state index >= 15 is 0 Å². The van der Waals surface area contributed by atoms with E-state index in [4.69, 9.17) is 0 Å². The number of carbonyl (C=O) groups excluding carboxylic acids is 2. The molecule has 2 heterocycles. The number of hydrogen-bond acceptors (Lipinski definition) is 3. The average Bonchev–Trinajstić information content (AvgIpc) is 2.99. The summed E-state index contributed by atoms with van der Waals surface area (Å²) in [6.45, 7) is 1.73. The predicted octanol–water partition coefficient (Wildman–Crippen LogP) is 1.89. The van der Waals surface area contributed by atoms with Crippen molar-refractivity contribution in [1.29, 1.82) is 0 Å². The van der Waals surface area contributed by atoms with Gasteiger partial charge in [0, 0.05) is 31.6 Å². The van der Waals surface area contributed by atoms with Crippen molar-refractivity contribution in [2.75, 3.05) is 13.1 Å². The van der Waals surface area contributed by atoms with Gasteiger partial charge in [0.1, 0.15) is 6.04 Å². The van der Waals surface area contributed by atoms with Crippen LogP contribution in [0.4, 0.5) is 0 Å². The summed E-state index contributed by atoms with van der Waals surface area (Å²) in [5, 5.41) is 9.34. The number of carboxylic acids is 1. The highest BCUT2D eigenvalue weighted by Gasteiger charge is 2.32. The van der Waals surface area contributed by atoms with Crippen molar-refractivity contribution in [1.82, 2.24) is 9.80 Å². The maximum absolute atomic E-state index is 12.8. The third-order valence-electron chi connectivity index (χ3n) is 4.77. The van der Waals surface area contributed by atoms with Crippen molar-refractivity contribution >= 4 is 17.8 Å². The number of carboxylic acid groups (broad SMARTS) is 1. The second-order valence-corrected chi connectivity index (χ2v) is 6.47. The minimum atomic E-state index is -0.943. The highest BCUT2D eigenvalue weighted by atomic mass is 16.4. The summed E-state index contributed by atoms with van der Waals surface area (Å²) in [4.78, 5) is 39.2. The van der Waals surface area contributed by atoms with Gasteiger partial charge in [-0.05, 0) is 43.4 Å². The number of amides is 2. The molecule has 1 atom stereocenters. The van der Waals surface area contributed by atoms with Crippen molar-refractivity contribution in [2.24, 2.45) is 0 Å². The fourth-order valence-corrected chi connectivity index (χ4v) is 3.49. The fraction of sp³-hybridized carbons (Fsp3) is 0.500. The van der Waals surface area contributed by atoms with Gasteiger partial charge in [0.15, 0.2) is 0 Å². The van der Waals surface area contributed by atoms with Crippen molar-refractivity contribution in [3.63, 3.8) is 0 Å². The van der Waals surface area contributed by atoms with Gasteiger partial charge in [0.25, 0.3) is 5.91 Å². The van der Waals surface area contributed by atoms with Crippen LogP contribution in [0.1, 0.15) is 48.0 Å². The molecule has 2 aliphatic rings. The molecule has 0 unspecified atom stereocenters. The summed E-state index contributed by atoms with van der Waals surface area (Å²) in [6, 6.07) is 6.44. The molecule has 1 aromatic rings. The Morgan fingerprint density at radius 3 is 2.71 bits per heavy atom. The lowest BCUT2D eigenvalue weighted by Crippen LogP contribution is -2.48. The molecule has 3 rings (SSSR count). The highest BCUT2D eigenvalue weighted by molar-refractivity contribution is 5.97. The zero-order chi connectivity index (χ0) is 17.1. The van der Waals surface area contributed by atoms with Gasteiger partial charge in [-0.1, -0.05) is 12.1 Å². The SMILES string of the molecule is O=C(O)[C@@H]1CCCCN1C(=O)c1cccc(CN2CCCC2=O)c1. The van der Waals surface area contributed by atoms with Gasteiger partial charge < -0.3 is 14.9 Å². The topological polar surface area (TPSA) is 77.9 Å². The molecule has 1 aromatic carbocycles. The van der Waals surface area contributed by atoms with E-state index in [1.165, 1.54) is 4.90 Å². The monoisotopic (exact) mass is 330 g/mol. The zero-order valence-corrected chi connectivity index (χ0v) is 13.6. The summed E-state index contributed by atoms with van der Waals surface area (Å²) >= 11 is 0. The van der Waals surface area contributed by atoms with E-state index in [1.807, 2.05) is 6.07 Å². The molecular formula is C18H22N2O4. The summed E-state index contributed by atoms with van der Waals surface area (Å²) in [6.07, 6.45) is 3.64. The molecule has 128 valence electrons. The lowest BCUT2D eigenvalue weighted by molar-refractivity contribution is -0.143. The summed E-state index contributed by atoms with van der Waals surface area (Å²) in [5.41, 5.74) is 1.40. The Labute approximate surface area is 141 Å². The predicted molar refractivity (Wildman–Crippen MR) is 87.4 cm³/mol. The minimum Gasteiger partial charge on any atom is -0.480 e. The molecule has 2 amide bonds. The first-order valence-electron chi connectivity index (χ1n) is 8.47. The third kappa shape index (κ3) is 3.42. The molecule has 2 saturated heterocycles. The largest absolute Gasteiger partial charge is 0.480 e. The quantitative estimate of drug-likeness (QED) is 0.914. The molecule has 0 aliphatic carbocycles. The number of likely N-dealkylation sites (tertiary alicyclic amines) is 2. The van der Waals surface area contributed by atoms with Gasteiger partial charge in [0.2, 0.25) is 5.91 Å². The summed E-state index contributed by atoms with van der Waals surface area (Å²) < 4.78 is 0. The number of piperidine rings is 1. The van der Waals surface area contributed by atoms with E-state index in [0.29, 0.717) is 31.5 Å². The van der Waals surface area contributed by atoms with Gasteiger partial charge >= 0.3 is 5.97 Å². The van der Waals surface area contributed by atoms with Crippen LogP contribution >= 0.6 is 0 Å². The van der Waals surface area contributed by atoms with E-state index in [9.17, 15) is 19.5 Å². The molecule has 6 heteroatoms. The molecule has 0 aromatic heterocycles. The molecule has 2 fully saturated rings. The molecule has 1 N–H and O–H groups in total. The first-order valence-corrected chi connectivity index (χ1v) is 8.47. The van der Waals surface area contributed by atoms with E-state index < -0.39 is 12.0 Å². The van der Waals surface area contributed by atoms with E-state index in [2.05, 4.69) is 0 Å². The van der Waals surface area contributed by atoms with Crippen LogP contribution in [-0.4, -0.2) is 51.8 Å². The summed E-state index contributed by atoms with van der Waals surface area (Å²) in [7, 11) is 0. The van der Waals surface area contributed by atoms with Gasteiger partial charge in [-0.3, -0.25) is 9.59 Å². The molecule has 2 aliphatic heterocycles. The number of nitrogens with zero attached hydrogens (tertiary/aromatic N) is 2. The highest BCUT2D eigenvalue weighted by Crippen LogP contribution is 2.21. The Morgan fingerprint density at radius 2 is 2.00 bits per heavy atom. The van der Waals surface area contributed by atoms with Crippen LogP contribution in [0, 0.1) is 0 Å². The Hall–Kier alpha value is -2.37. The third-order valence-corrected chi connectivity index (χ3v) is 4.77. The van der Waals surface area contributed by atoms with Gasteiger partial charge in [0.05, 0.1) is 0 Å². The second kappa shape index (κ2) is 7.03.